The fourth-order valence-electron chi connectivity index (χ4n) is 1.04. The van der Waals surface area contributed by atoms with Crippen LogP contribution in [0.25, 0.3) is 0 Å². The summed E-state index contributed by atoms with van der Waals surface area (Å²) in [5.74, 6) is -1.31. The molecular formula is C12H18O4. The number of hydrogen-bond acceptors (Lipinski definition) is 4. The van der Waals surface area contributed by atoms with Crippen molar-refractivity contribution in [2.75, 3.05) is 0 Å². The Labute approximate surface area is 95.7 Å². The number of esters is 1. The molecule has 4 heteroatoms. The van der Waals surface area contributed by atoms with Crippen molar-refractivity contribution in [2.45, 2.75) is 46.1 Å². The van der Waals surface area contributed by atoms with Gasteiger partial charge in [-0.2, -0.15) is 0 Å². The highest BCUT2D eigenvalue weighted by atomic mass is 16.6. The van der Waals surface area contributed by atoms with E-state index in [-0.39, 0.29) is 18.6 Å². The van der Waals surface area contributed by atoms with Crippen molar-refractivity contribution in [3.8, 4) is 0 Å². The van der Waals surface area contributed by atoms with E-state index in [1.165, 1.54) is 6.08 Å². The van der Waals surface area contributed by atoms with Gasteiger partial charge in [0.25, 0.3) is 0 Å². The molecule has 0 N–H and O–H groups in total. The molecule has 0 aromatic carbocycles. The molecule has 4 nitrogen and oxygen atoms in total. The number of Topliss-reactive ketones (excluding diaryl/α,β-unsaturated/α-hetero) is 1. The summed E-state index contributed by atoms with van der Waals surface area (Å²) in [4.78, 5) is 33.6. The third kappa shape index (κ3) is 7.91. The smallest absolute Gasteiger partial charge is 0.313 e. The summed E-state index contributed by atoms with van der Waals surface area (Å²) >= 11 is 0. The molecule has 16 heavy (non-hydrogen) atoms. The summed E-state index contributed by atoms with van der Waals surface area (Å²) < 4.78 is 4.96. The van der Waals surface area contributed by atoms with Gasteiger partial charge in [0, 0.05) is 0 Å². The van der Waals surface area contributed by atoms with Crippen LogP contribution >= 0.6 is 0 Å². The lowest BCUT2D eigenvalue weighted by atomic mass is 10.1. The molecule has 0 fully saturated rings. The van der Waals surface area contributed by atoms with Gasteiger partial charge < -0.3 is 4.74 Å². The van der Waals surface area contributed by atoms with Gasteiger partial charge in [0.1, 0.15) is 12.0 Å². The van der Waals surface area contributed by atoms with Gasteiger partial charge in [-0.3, -0.25) is 14.4 Å². The average molecular weight is 226 g/mol. The van der Waals surface area contributed by atoms with Crippen molar-refractivity contribution in [1.29, 1.82) is 0 Å². The first-order valence-corrected chi connectivity index (χ1v) is 5.13. The first-order valence-electron chi connectivity index (χ1n) is 5.13. The SMILES string of the molecule is C/C=C/C(=O)CC(=O)CC(=O)OC(C)(C)C. The Hall–Kier alpha value is -1.45. The molecule has 0 bridgehead atoms. The lowest BCUT2D eigenvalue weighted by Gasteiger charge is -2.18. The van der Waals surface area contributed by atoms with E-state index < -0.39 is 17.4 Å². The summed E-state index contributed by atoms with van der Waals surface area (Å²) in [5, 5.41) is 0. The predicted molar refractivity (Wildman–Crippen MR) is 59.9 cm³/mol. The topological polar surface area (TPSA) is 60.4 Å². The molecule has 0 aromatic heterocycles. The summed E-state index contributed by atoms with van der Waals surface area (Å²) in [7, 11) is 0. The van der Waals surface area contributed by atoms with Gasteiger partial charge in [0.2, 0.25) is 0 Å². The van der Waals surface area contributed by atoms with Crippen molar-refractivity contribution < 1.29 is 19.1 Å². The molecule has 0 radical (unpaired) electrons. The maximum Gasteiger partial charge on any atom is 0.313 e. The van der Waals surface area contributed by atoms with E-state index in [9.17, 15) is 14.4 Å². The zero-order chi connectivity index (χ0) is 12.8. The highest BCUT2D eigenvalue weighted by molar-refractivity contribution is 6.08. The summed E-state index contributed by atoms with van der Waals surface area (Å²) in [6, 6.07) is 0. The zero-order valence-corrected chi connectivity index (χ0v) is 10.2. The minimum absolute atomic E-state index is 0.246. The number of ketones is 2. The number of carbonyl (C=O) groups is 3. The first kappa shape index (κ1) is 14.6. The van der Waals surface area contributed by atoms with Gasteiger partial charge in [0.15, 0.2) is 11.6 Å². The molecule has 0 heterocycles. The van der Waals surface area contributed by atoms with E-state index in [0.29, 0.717) is 0 Å². The van der Waals surface area contributed by atoms with Gasteiger partial charge in [-0.1, -0.05) is 6.08 Å². The number of allylic oxidation sites excluding steroid dienone is 2. The minimum Gasteiger partial charge on any atom is -0.460 e. The first-order chi connectivity index (χ1) is 7.24. The molecule has 0 saturated carbocycles. The van der Waals surface area contributed by atoms with E-state index in [1.807, 2.05) is 0 Å². The molecule has 0 unspecified atom stereocenters. The molecule has 0 aliphatic carbocycles. The molecule has 0 aliphatic rings. The molecule has 90 valence electrons. The maximum absolute atomic E-state index is 11.3. The Kier molecular flexibility index (Phi) is 5.64. The van der Waals surface area contributed by atoms with Crippen molar-refractivity contribution in [1.82, 2.24) is 0 Å². The van der Waals surface area contributed by atoms with Crippen LogP contribution in [-0.2, 0) is 19.1 Å². The van der Waals surface area contributed by atoms with Gasteiger partial charge >= 0.3 is 5.97 Å². The van der Waals surface area contributed by atoms with Crippen LogP contribution in [0.3, 0.4) is 0 Å². The Bertz CT molecular complexity index is 307. The Balaban J connectivity index is 4.06. The van der Waals surface area contributed by atoms with Crippen LogP contribution in [0.5, 0.6) is 0 Å². The summed E-state index contributed by atoms with van der Waals surface area (Å²) in [6.45, 7) is 6.86. The van der Waals surface area contributed by atoms with E-state index in [0.717, 1.165) is 0 Å². The van der Waals surface area contributed by atoms with Crippen LogP contribution in [0.2, 0.25) is 0 Å². The van der Waals surface area contributed by atoms with Crippen LogP contribution in [0.15, 0.2) is 12.2 Å². The Morgan fingerprint density at radius 1 is 1.12 bits per heavy atom. The van der Waals surface area contributed by atoms with Crippen molar-refractivity contribution in [3.63, 3.8) is 0 Å². The van der Waals surface area contributed by atoms with E-state index in [1.54, 1.807) is 33.8 Å². The van der Waals surface area contributed by atoms with Crippen LogP contribution in [0.4, 0.5) is 0 Å². The van der Waals surface area contributed by atoms with Crippen LogP contribution in [0, 0.1) is 0 Å². The van der Waals surface area contributed by atoms with E-state index in [2.05, 4.69) is 0 Å². The Morgan fingerprint density at radius 3 is 2.12 bits per heavy atom. The molecular weight excluding hydrogens is 208 g/mol. The second kappa shape index (κ2) is 6.20. The second-order valence-corrected chi connectivity index (χ2v) is 4.44. The van der Waals surface area contributed by atoms with Gasteiger partial charge in [-0.15, -0.1) is 0 Å². The van der Waals surface area contributed by atoms with Crippen LogP contribution in [0.1, 0.15) is 40.5 Å². The molecule has 0 rings (SSSR count). The second-order valence-electron chi connectivity index (χ2n) is 4.44. The van der Waals surface area contributed by atoms with E-state index >= 15 is 0 Å². The number of rotatable bonds is 5. The quantitative estimate of drug-likeness (QED) is 0.407. The molecule has 0 aromatic rings. The average Bonchev–Trinajstić information content (AvgIpc) is 1.98. The molecule has 0 spiro atoms. The minimum atomic E-state index is -0.606. The highest BCUT2D eigenvalue weighted by Crippen LogP contribution is 2.08. The van der Waals surface area contributed by atoms with Crippen LogP contribution in [-0.4, -0.2) is 23.1 Å². The number of ether oxygens (including phenoxy) is 1. The molecule has 0 amide bonds. The molecule has 0 saturated heterocycles. The molecule has 0 atom stereocenters. The monoisotopic (exact) mass is 226 g/mol. The fraction of sp³-hybridized carbons (Fsp3) is 0.583. The Morgan fingerprint density at radius 2 is 1.69 bits per heavy atom. The highest BCUT2D eigenvalue weighted by Gasteiger charge is 2.19. The van der Waals surface area contributed by atoms with Crippen LogP contribution < -0.4 is 0 Å². The standard InChI is InChI=1S/C12H18O4/c1-5-6-9(13)7-10(14)8-11(15)16-12(2,3)4/h5-6H,7-8H2,1-4H3/b6-5+. The van der Waals surface area contributed by atoms with Gasteiger partial charge in [0.05, 0.1) is 6.42 Å². The zero-order valence-electron chi connectivity index (χ0n) is 10.2. The van der Waals surface area contributed by atoms with Gasteiger partial charge in [-0.25, -0.2) is 0 Å². The van der Waals surface area contributed by atoms with Gasteiger partial charge in [-0.05, 0) is 33.8 Å². The normalized spacial score (nSPS) is 11.5. The fourth-order valence-corrected chi connectivity index (χ4v) is 1.04. The third-order valence-corrected chi connectivity index (χ3v) is 1.49. The summed E-state index contributed by atoms with van der Waals surface area (Å²) in [5.41, 5.74) is -0.606. The van der Waals surface area contributed by atoms with Crippen molar-refractivity contribution >= 4 is 17.5 Å². The summed E-state index contributed by atoms with van der Waals surface area (Å²) in [6.07, 6.45) is 2.28. The maximum atomic E-state index is 11.3. The molecule has 0 aliphatic heterocycles. The van der Waals surface area contributed by atoms with E-state index in [4.69, 9.17) is 4.74 Å². The largest absolute Gasteiger partial charge is 0.460 e. The van der Waals surface area contributed by atoms with Crippen molar-refractivity contribution in [3.05, 3.63) is 12.2 Å². The third-order valence-electron chi connectivity index (χ3n) is 1.49. The van der Waals surface area contributed by atoms with Crippen molar-refractivity contribution in [2.24, 2.45) is 0 Å². The predicted octanol–water partition coefficient (Wildman–Crippen LogP) is 1.82. The lowest BCUT2D eigenvalue weighted by Crippen LogP contribution is -2.25. The lowest BCUT2D eigenvalue weighted by molar-refractivity contribution is -0.156. The number of hydrogen-bond donors (Lipinski definition) is 0. The number of carbonyl (C=O) groups excluding carboxylic acids is 3.